The van der Waals surface area contributed by atoms with Gasteiger partial charge in [-0.25, -0.2) is 4.79 Å². The molecular weight excluding hydrogens is 408 g/mol. The third kappa shape index (κ3) is 3.59. The van der Waals surface area contributed by atoms with Gasteiger partial charge in [-0.15, -0.1) is 0 Å². The summed E-state index contributed by atoms with van der Waals surface area (Å²) < 4.78 is 1.11. The van der Waals surface area contributed by atoms with Crippen molar-refractivity contribution in [3.05, 3.63) is 61.0 Å². The van der Waals surface area contributed by atoms with Crippen LogP contribution in [0.25, 0.3) is 0 Å². The lowest BCUT2D eigenvalue weighted by atomic mass is 10.2. The number of nitrogens with one attached hydrogen (secondary N) is 1. The Morgan fingerprint density at radius 3 is 2.52 bits per heavy atom. The summed E-state index contributed by atoms with van der Waals surface area (Å²) in [6, 6.07) is 9.07. The van der Waals surface area contributed by atoms with E-state index < -0.39 is 10.9 Å². The highest BCUT2D eigenvalue weighted by Crippen LogP contribution is 2.31. The molecule has 2 rings (SSSR count). The molecule has 0 aliphatic heterocycles. The van der Waals surface area contributed by atoms with Gasteiger partial charge in [0.2, 0.25) is 0 Å². The molecule has 0 aromatic heterocycles. The van der Waals surface area contributed by atoms with Crippen LogP contribution >= 0.6 is 31.9 Å². The molecule has 0 unspecified atom stereocenters. The second kappa shape index (κ2) is 6.23. The van der Waals surface area contributed by atoms with E-state index in [1.807, 2.05) is 0 Å². The SMILES string of the molecule is O=C(O)c1cc(Nc2cc(Br)ccc2[N+](=O)[O-])ccc1Br. The average Bonchev–Trinajstić information content (AvgIpc) is 2.40. The van der Waals surface area contributed by atoms with Crippen molar-refractivity contribution in [3.63, 3.8) is 0 Å². The molecule has 0 radical (unpaired) electrons. The number of carbonyl (C=O) groups is 1. The van der Waals surface area contributed by atoms with E-state index in [4.69, 9.17) is 5.11 Å². The molecule has 6 nitrogen and oxygen atoms in total. The number of anilines is 2. The summed E-state index contributed by atoms with van der Waals surface area (Å²) in [5, 5.41) is 22.9. The third-order valence-electron chi connectivity index (χ3n) is 2.63. The zero-order valence-electron chi connectivity index (χ0n) is 10.3. The van der Waals surface area contributed by atoms with Gasteiger partial charge in [-0.05, 0) is 46.3 Å². The first kappa shape index (κ1) is 15.5. The van der Waals surface area contributed by atoms with E-state index in [-0.39, 0.29) is 16.9 Å². The Kier molecular flexibility index (Phi) is 4.59. The van der Waals surface area contributed by atoms with Crippen molar-refractivity contribution < 1.29 is 14.8 Å². The Bertz CT molecular complexity index is 734. The minimum absolute atomic E-state index is 0.0673. The van der Waals surface area contributed by atoms with Crippen molar-refractivity contribution in [3.8, 4) is 0 Å². The number of carboxylic acid groups (broad SMARTS) is 1. The van der Waals surface area contributed by atoms with Crippen LogP contribution in [0.4, 0.5) is 17.1 Å². The molecule has 0 aliphatic carbocycles. The van der Waals surface area contributed by atoms with Crippen LogP contribution < -0.4 is 5.32 Å². The number of nitrogens with zero attached hydrogens (tertiary/aromatic N) is 1. The number of nitro benzene ring substituents is 1. The number of rotatable bonds is 4. The smallest absolute Gasteiger partial charge is 0.336 e. The van der Waals surface area contributed by atoms with E-state index in [2.05, 4.69) is 37.2 Å². The van der Waals surface area contributed by atoms with Gasteiger partial charge in [0.15, 0.2) is 0 Å². The van der Waals surface area contributed by atoms with Crippen LogP contribution in [-0.2, 0) is 0 Å². The Morgan fingerprint density at radius 1 is 1.19 bits per heavy atom. The summed E-state index contributed by atoms with van der Waals surface area (Å²) in [4.78, 5) is 21.6. The van der Waals surface area contributed by atoms with Crippen LogP contribution in [0.3, 0.4) is 0 Å². The molecular formula is C13H8Br2N2O4. The molecule has 0 atom stereocenters. The lowest BCUT2D eigenvalue weighted by Gasteiger charge is -2.09. The summed E-state index contributed by atoms with van der Waals surface area (Å²) in [5.74, 6) is -1.09. The largest absolute Gasteiger partial charge is 0.478 e. The number of hydrogen-bond acceptors (Lipinski definition) is 4. The summed E-state index contributed by atoms with van der Waals surface area (Å²) in [6.45, 7) is 0. The van der Waals surface area contributed by atoms with Crippen molar-refractivity contribution in [2.24, 2.45) is 0 Å². The maximum atomic E-state index is 11.1. The van der Waals surface area contributed by atoms with Crippen LogP contribution in [0, 0.1) is 10.1 Å². The van der Waals surface area contributed by atoms with Crippen molar-refractivity contribution in [1.29, 1.82) is 0 Å². The van der Waals surface area contributed by atoms with Crippen LogP contribution in [-0.4, -0.2) is 16.0 Å². The summed E-state index contributed by atoms with van der Waals surface area (Å²) >= 11 is 6.39. The second-order valence-electron chi connectivity index (χ2n) is 4.04. The molecule has 8 heteroatoms. The second-order valence-corrected chi connectivity index (χ2v) is 5.81. The van der Waals surface area contributed by atoms with E-state index in [9.17, 15) is 14.9 Å². The van der Waals surface area contributed by atoms with E-state index in [1.165, 1.54) is 12.1 Å². The van der Waals surface area contributed by atoms with Crippen molar-refractivity contribution in [2.45, 2.75) is 0 Å². The van der Waals surface area contributed by atoms with Gasteiger partial charge in [0.25, 0.3) is 5.69 Å². The summed E-state index contributed by atoms with van der Waals surface area (Å²) in [6.07, 6.45) is 0. The standard InChI is InChI=1S/C13H8Br2N2O4/c14-7-1-4-12(17(20)21)11(5-7)16-8-2-3-10(15)9(6-8)13(18)19/h1-6,16H,(H,18,19). The van der Waals surface area contributed by atoms with Gasteiger partial charge in [-0.2, -0.15) is 0 Å². The van der Waals surface area contributed by atoms with E-state index in [1.54, 1.807) is 24.3 Å². The fourth-order valence-corrected chi connectivity index (χ4v) is 2.47. The normalized spacial score (nSPS) is 10.2. The predicted molar refractivity (Wildman–Crippen MR) is 85.2 cm³/mol. The predicted octanol–water partition coefficient (Wildman–Crippen LogP) is 4.56. The Labute approximate surface area is 136 Å². The highest BCUT2D eigenvalue weighted by Gasteiger charge is 2.15. The number of benzene rings is 2. The molecule has 0 bridgehead atoms. The number of aromatic carboxylic acids is 1. The van der Waals surface area contributed by atoms with E-state index >= 15 is 0 Å². The Balaban J connectivity index is 2.43. The average molecular weight is 416 g/mol. The fraction of sp³-hybridized carbons (Fsp3) is 0. The minimum Gasteiger partial charge on any atom is -0.478 e. The van der Waals surface area contributed by atoms with Crippen molar-refractivity contribution in [1.82, 2.24) is 0 Å². The van der Waals surface area contributed by atoms with Gasteiger partial charge in [0.1, 0.15) is 5.69 Å². The van der Waals surface area contributed by atoms with Gasteiger partial charge in [0, 0.05) is 20.7 Å². The molecule has 2 aromatic rings. The van der Waals surface area contributed by atoms with Gasteiger partial charge in [0.05, 0.1) is 10.5 Å². The van der Waals surface area contributed by atoms with Crippen LogP contribution in [0.1, 0.15) is 10.4 Å². The van der Waals surface area contributed by atoms with Gasteiger partial charge in [-0.3, -0.25) is 10.1 Å². The first-order valence-electron chi connectivity index (χ1n) is 5.62. The molecule has 0 saturated heterocycles. The number of halogens is 2. The molecule has 0 amide bonds. The van der Waals surface area contributed by atoms with Crippen LogP contribution in [0.5, 0.6) is 0 Å². The molecule has 0 aliphatic rings. The monoisotopic (exact) mass is 414 g/mol. The van der Waals surface area contributed by atoms with Gasteiger partial charge < -0.3 is 10.4 Å². The highest BCUT2D eigenvalue weighted by molar-refractivity contribution is 9.10. The molecule has 108 valence electrons. The summed E-state index contributed by atoms with van der Waals surface area (Å²) in [5.41, 5.74) is 0.681. The molecule has 0 fully saturated rings. The first-order chi connectivity index (χ1) is 9.88. The van der Waals surface area contributed by atoms with E-state index in [0.717, 1.165) is 0 Å². The molecule has 0 heterocycles. The topological polar surface area (TPSA) is 92.5 Å². The van der Waals surface area contributed by atoms with Gasteiger partial charge in [-0.1, -0.05) is 15.9 Å². The maximum Gasteiger partial charge on any atom is 0.336 e. The molecule has 2 aromatic carbocycles. The molecule has 0 saturated carbocycles. The maximum absolute atomic E-state index is 11.1. The zero-order valence-corrected chi connectivity index (χ0v) is 13.5. The highest BCUT2D eigenvalue weighted by atomic mass is 79.9. The number of hydrogen-bond donors (Lipinski definition) is 2. The van der Waals surface area contributed by atoms with Gasteiger partial charge >= 0.3 is 5.97 Å². The molecule has 0 spiro atoms. The fourth-order valence-electron chi connectivity index (χ4n) is 1.69. The molecule has 21 heavy (non-hydrogen) atoms. The first-order valence-corrected chi connectivity index (χ1v) is 7.21. The Morgan fingerprint density at radius 2 is 1.90 bits per heavy atom. The van der Waals surface area contributed by atoms with E-state index in [0.29, 0.717) is 14.6 Å². The minimum atomic E-state index is -1.09. The third-order valence-corrected chi connectivity index (χ3v) is 3.82. The van der Waals surface area contributed by atoms with Crippen molar-refractivity contribution in [2.75, 3.05) is 5.32 Å². The Hall–Kier alpha value is -1.93. The van der Waals surface area contributed by atoms with Crippen LogP contribution in [0.2, 0.25) is 0 Å². The lowest BCUT2D eigenvalue weighted by Crippen LogP contribution is -2.01. The number of nitro groups is 1. The van der Waals surface area contributed by atoms with Crippen molar-refractivity contribution >= 4 is 54.9 Å². The number of carboxylic acids is 1. The van der Waals surface area contributed by atoms with Crippen LogP contribution in [0.15, 0.2) is 45.3 Å². The lowest BCUT2D eigenvalue weighted by molar-refractivity contribution is -0.383. The quantitative estimate of drug-likeness (QED) is 0.563. The zero-order chi connectivity index (χ0) is 15.6. The summed E-state index contributed by atoms with van der Waals surface area (Å²) in [7, 11) is 0. The molecule has 2 N–H and O–H groups in total.